The second-order valence-electron chi connectivity index (χ2n) is 7.68. The smallest absolute Gasteiger partial charge is 0.191 e. The molecule has 0 radical (unpaired) electrons. The van der Waals surface area contributed by atoms with Crippen LogP contribution in [0.2, 0.25) is 0 Å². The lowest BCUT2D eigenvalue weighted by molar-refractivity contribution is 0.0341. The van der Waals surface area contributed by atoms with E-state index in [9.17, 15) is 0 Å². The number of fused-ring (bicyclic) bond motifs is 1. The van der Waals surface area contributed by atoms with Crippen LogP contribution in [-0.4, -0.2) is 48.7 Å². The molecule has 0 atom stereocenters. The monoisotopic (exact) mass is 545 g/mol. The topological polar surface area (TPSA) is 61.8 Å². The molecule has 0 aliphatic carbocycles. The molecule has 0 saturated carbocycles. The molecule has 2 N–H and O–H groups in total. The summed E-state index contributed by atoms with van der Waals surface area (Å²) in [6, 6.07) is 19.0. The Labute approximate surface area is 207 Å². The molecule has 0 bridgehead atoms. The first-order valence-corrected chi connectivity index (χ1v) is 11.0. The van der Waals surface area contributed by atoms with Crippen LogP contribution in [0.4, 0.5) is 0 Å². The first kappa shape index (κ1) is 24.4. The Morgan fingerprint density at radius 1 is 1.00 bits per heavy atom. The van der Waals surface area contributed by atoms with Crippen molar-refractivity contribution < 1.29 is 4.74 Å². The van der Waals surface area contributed by atoms with Crippen molar-refractivity contribution in [1.82, 2.24) is 20.5 Å². The summed E-state index contributed by atoms with van der Waals surface area (Å²) < 4.78 is 5.48. The average Bonchev–Trinajstić information content (AvgIpc) is 2.82. The number of guanidine groups is 1. The van der Waals surface area contributed by atoms with E-state index in [0.717, 1.165) is 51.0 Å². The number of halogens is 1. The van der Waals surface area contributed by atoms with Gasteiger partial charge in [-0.3, -0.25) is 9.88 Å². The number of benzene rings is 2. The predicted octanol–water partition coefficient (Wildman–Crippen LogP) is 3.94. The minimum atomic E-state index is 0. The van der Waals surface area contributed by atoms with Crippen molar-refractivity contribution in [2.45, 2.75) is 26.6 Å². The van der Waals surface area contributed by atoms with Crippen LogP contribution in [-0.2, 0) is 24.4 Å². The highest BCUT2D eigenvalue weighted by Gasteiger charge is 2.12. The van der Waals surface area contributed by atoms with E-state index in [1.807, 2.05) is 12.3 Å². The summed E-state index contributed by atoms with van der Waals surface area (Å²) in [5.41, 5.74) is 3.62. The van der Waals surface area contributed by atoms with E-state index in [4.69, 9.17) is 9.73 Å². The molecule has 1 aliphatic rings. The van der Waals surface area contributed by atoms with Crippen LogP contribution in [0.1, 0.15) is 23.7 Å². The maximum Gasteiger partial charge on any atom is 0.191 e. The van der Waals surface area contributed by atoms with Gasteiger partial charge in [0.25, 0.3) is 0 Å². The van der Waals surface area contributed by atoms with Gasteiger partial charge in [-0.25, -0.2) is 4.99 Å². The third kappa shape index (κ3) is 6.63. The summed E-state index contributed by atoms with van der Waals surface area (Å²) in [5.74, 6) is 0.804. The summed E-state index contributed by atoms with van der Waals surface area (Å²) in [7, 11) is 0. The molecule has 0 unspecified atom stereocenters. The van der Waals surface area contributed by atoms with Crippen molar-refractivity contribution >= 4 is 40.7 Å². The number of morpholine rings is 1. The fraction of sp³-hybridized carbons (Fsp3) is 0.360. The number of rotatable bonds is 7. The summed E-state index contributed by atoms with van der Waals surface area (Å²) in [5, 5.41) is 9.18. The van der Waals surface area contributed by atoms with E-state index < -0.39 is 0 Å². The van der Waals surface area contributed by atoms with Crippen LogP contribution in [0.5, 0.6) is 0 Å². The predicted molar refractivity (Wildman–Crippen MR) is 141 cm³/mol. The zero-order valence-electron chi connectivity index (χ0n) is 18.6. The van der Waals surface area contributed by atoms with E-state index >= 15 is 0 Å². The molecule has 0 amide bonds. The highest BCUT2D eigenvalue weighted by atomic mass is 127. The van der Waals surface area contributed by atoms with Crippen LogP contribution < -0.4 is 10.6 Å². The molecule has 3 aromatic rings. The minimum absolute atomic E-state index is 0. The Balaban J connectivity index is 0.00000289. The van der Waals surface area contributed by atoms with Crippen molar-refractivity contribution in [1.29, 1.82) is 0 Å². The van der Waals surface area contributed by atoms with Crippen LogP contribution in [0, 0.1) is 0 Å². The largest absolute Gasteiger partial charge is 0.379 e. The molecule has 170 valence electrons. The summed E-state index contributed by atoms with van der Waals surface area (Å²) in [6.07, 6.45) is 1.87. The molecule has 1 aromatic heterocycles. The van der Waals surface area contributed by atoms with Crippen LogP contribution in [0.15, 0.2) is 65.8 Å². The van der Waals surface area contributed by atoms with Gasteiger partial charge in [-0.1, -0.05) is 48.5 Å². The number of ether oxygens (including phenoxy) is 1. The zero-order valence-corrected chi connectivity index (χ0v) is 20.9. The molecule has 2 heterocycles. The number of aliphatic imine (C=N–C) groups is 1. The maximum absolute atomic E-state index is 5.48. The highest BCUT2D eigenvalue weighted by Crippen LogP contribution is 2.16. The third-order valence-electron chi connectivity index (χ3n) is 5.55. The van der Waals surface area contributed by atoms with Gasteiger partial charge in [0.2, 0.25) is 0 Å². The Kier molecular flexibility index (Phi) is 9.70. The van der Waals surface area contributed by atoms with Crippen molar-refractivity contribution in [2.24, 2.45) is 4.99 Å². The maximum atomic E-state index is 5.48. The van der Waals surface area contributed by atoms with Gasteiger partial charge in [0.15, 0.2) is 5.96 Å². The van der Waals surface area contributed by atoms with Crippen molar-refractivity contribution in [3.63, 3.8) is 0 Å². The summed E-state index contributed by atoms with van der Waals surface area (Å²) in [6.45, 7) is 8.71. The fourth-order valence-corrected chi connectivity index (χ4v) is 3.86. The zero-order chi connectivity index (χ0) is 21.3. The lowest BCUT2D eigenvalue weighted by atomic mass is 10.1. The quantitative estimate of drug-likeness (QED) is 0.268. The van der Waals surface area contributed by atoms with Gasteiger partial charge in [0, 0.05) is 37.8 Å². The van der Waals surface area contributed by atoms with Crippen molar-refractivity contribution in [2.75, 3.05) is 32.8 Å². The SMILES string of the molecule is CCNC(=NCc1ccccc1CN1CCOCC1)NCc1nccc2ccccc12.I. The normalized spacial score (nSPS) is 14.7. The van der Waals surface area contributed by atoms with E-state index in [1.54, 1.807) is 0 Å². The molecule has 1 aliphatic heterocycles. The van der Waals surface area contributed by atoms with Crippen LogP contribution in [0.25, 0.3) is 10.8 Å². The Morgan fingerprint density at radius 3 is 2.56 bits per heavy atom. The standard InChI is InChI=1S/C25H31N5O.HI/c1-2-26-25(29-18-24-23-10-6-5-7-20(23)11-12-27-24)28-17-21-8-3-4-9-22(21)19-30-13-15-31-16-14-30;/h3-12H,2,13-19H2,1H3,(H2,26,28,29);1H. The Morgan fingerprint density at radius 2 is 1.75 bits per heavy atom. The molecule has 32 heavy (non-hydrogen) atoms. The first-order chi connectivity index (χ1) is 15.3. The fourth-order valence-electron chi connectivity index (χ4n) is 3.86. The van der Waals surface area contributed by atoms with E-state index in [1.165, 1.54) is 21.9 Å². The third-order valence-corrected chi connectivity index (χ3v) is 5.55. The van der Waals surface area contributed by atoms with Crippen molar-refractivity contribution in [3.05, 3.63) is 77.6 Å². The second-order valence-corrected chi connectivity index (χ2v) is 7.68. The van der Waals surface area contributed by atoms with Gasteiger partial charge in [0.1, 0.15) is 0 Å². The Hall–Kier alpha value is -2.23. The molecule has 4 rings (SSSR count). The highest BCUT2D eigenvalue weighted by molar-refractivity contribution is 14.0. The molecular weight excluding hydrogens is 513 g/mol. The number of nitrogens with zero attached hydrogens (tertiary/aromatic N) is 3. The van der Waals surface area contributed by atoms with E-state index in [0.29, 0.717) is 13.1 Å². The first-order valence-electron chi connectivity index (χ1n) is 11.0. The van der Waals surface area contributed by atoms with Gasteiger partial charge < -0.3 is 15.4 Å². The van der Waals surface area contributed by atoms with Crippen molar-refractivity contribution in [3.8, 4) is 0 Å². The minimum Gasteiger partial charge on any atom is -0.379 e. The number of hydrogen-bond acceptors (Lipinski definition) is 4. The molecule has 0 spiro atoms. The molecular formula is C25H32IN5O. The Bertz CT molecular complexity index is 1010. The van der Waals surface area contributed by atoms with Gasteiger partial charge in [0.05, 0.1) is 32.0 Å². The number of nitrogens with one attached hydrogen (secondary N) is 2. The summed E-state index contributed by atoms with van der Waals surface area (Å²) in [4.78, 5) is 11.9. The van der Waals surface area contributed by atoms with Gasteiger partial charge in [-0.15, -0.1) is 24.0 Å². The van der Waals surface area contributed by atoms with Gasteiger partial charge in [-0.05, 0) is 29.5 Å². The lowest BCUT2D eigenvalue weighted by Crippen LogP contribution is -2.37. The molecule has 7 heteroatoms. The summed E-state index contributed by atoms with van der Waals surface area (Å²) >= 11 is 0. The van der Waals surface area contributed by atoms with Crippen LogP contribution in [0.3, 0.4) is 0 Å². The molecule has 6 nitrogen and oxygen atoms in total. The number of hydrogen-bond donors (Lipinski definition) is 2. The van der Waals surface area contributed by atoms with Crippen LogP contribution >= 0.6 is 24.0 Å². The molecule has 2 aromatic carbocycles. The number of pyridine rings is 1. The lowest BCUT2D eigenvalue weighted by Gasteiger charge is -2.27. The average molecular weight is 545 g/mol. The van der Waals surface area contributed by atoms with E-state index in [-0.39, 0.29) is 24.0 Å². The molecule has 1 fully saturated rings. The number of aromatic nitrogens is 1. The van der Waals surface area contributed by atoms with Gasteiger partial charge >= 0.3 is 0 Å². The van der Waals surface area contributed by atoms with Gasteiger partial charge in [-0.2, -0.15) is 0 Å². The van der Waals surface area contributed by atoms with E-state index in [2.05, 4.69) is 76.0 Å². The second kappa shape index (κ2) is 12.7. The molecule has 1 saturated heterocycles.